The van der Waals surface area contributed by atoms with E-state index in [0.29, 0.717) is 0 Å². The van der Waals surface area contributed by atoms with Gasteiger partial charge < -0.3 is 4.98 Å². The summed E-state index contributed by atoms with van der Waals surface area (Å²) in [4.78, 5) is 7.77. The molecule has 2 heteroatoms. The maximum atomic E-state index is 4.49. The van der Waals surface area contributed by atoms with E-state index < -0.39 is 0 Å². The Hall–Kier alpha value is -2.35. The molecule has 2 nitrogen and oxygen atoms in total. The van der Waals surface area contributed by atoms with E-state index in [1.54, 1.807) is 12.2 Å². The SMILES string of the molecule is C=CC.C=Cc1nc(-c2ccccc2)[nH]c1/C=C\C.CC. The molecule has 0 saturated carbocycles. The average molecular weight is 282 g/mol. The summed E-state index contributed by atoms with van der Waals surface area (Å²) < 4.78 is 0. The van der Waals surface area contributed by atoms with Gasteiger partial charge in [0.1, 0.15) is 5.82 Å². The molecular formula is C19H26N2. The van der Waals surface area contributed by atoms with E-state index in [1.165, 1.54) is 0 Å². The van der Waals surface area contributed by atoms with Crippen LogP contribution in [-0.4, -0.2) is 9.97 Å². The molecule has 112 valence electrons. The second-order valence-electron chi connectivity index (χ2n) is 3.86. The Kier molecular flexibility index (Phi) is 10.2. The van der Waals surface area contributed by atoms with Gasteiger partial charge in [0.05, 0.1) is 11.4 Å². The van der Waals surface area contributed by atoms with Crippen molar-refractivity contribution in [2.45, 2.75) is 27.7 Å². The molecule has 0 fully saturated rings. The molecule has 0 radical (unpaired) electrons. The predicted molar refractivity (Wildman–Crippen MR) is 96.0 cm³/mol. The van der Waals surface area contributed by atoms with Gasteiger partial charge in [-0.1, -0.05) is 62.9 Å². The Bertz CT molecular complexity index is 548. The molecule has 1 aromatic heterocycles. The van der Waals surface area contributed by atoms with Gasteiger partial charge in [0.15, 0.2) is 0 Å². The first-order valence-electron chi connectivity index (χ1n) is 7.24. The summed E-state index contributed by atoms with van der Waals surface area (Å²) in [7, 11) is 0. The minimum Gasteiger partial charge on any atom is -0.338 e. The van der Waals surface area contributed by atoms with E-state index >= 15 is 0 Å². The van der Waals surface area contributed by atoms with Crippen LogP contribution in [0.25, 0.3) is 23.5 Å². The summed E-state index contributed by atoms with van der Waals surface area (Å²) in [5, 5.41) is 0. The second kappa shape index (κ2) is 11.5. The zero-order chi connectivity index (χ0) is 16.1. The van der Waals surface area contributed by atoms with Crippen molar-refractivity contribution in [3.05, 3.63) is 67.0 Å². The van der Waals surface area contributed by atoms with E-state index in [9.17, 15) is 0 Å². The number of aromatic nitrogens is 2. The Labute approximate surface area is 129 Å². The van der Waals surface area contributed by atoms with Gasteiger partial charge in [-0.3, -0.25) is 0 Å². The van der Waals surface area contributed by atoms with Gasteiger partial charge in [-0.05, 0) is 26.0 Å². The van der Waals surface area contributed by atoms with Crippen LogP contribution in [-0.2, 0) is 0 Å². The molecule has 2 rings (SSSR count). The van der Waals surface area contributed by atoms with Crippen molar-refractivity contribution in [2.75, 3.05) is 0 Å². The summed E-state index contributed by atoms with van der Waals surface area (Å²) in [5.41, 5.74) is 2.97. The third kappa shape index (κ3) is 6.09. The maximum Gasteiger partial charge on any atom is 0.138 e. The Balaban J connectivity index is 0.000000713. The van der Waals surface area contributed by atoms with E-state index in [1.807, 2.05) is 70.2 Å². The summed E-state index contributed by atoms with van der Waals surface area (Å²) in [5.74, 6) is 0.878. The normalized spacial score (nSPS) is 9.14. The van der Waals surface area contributed by atoms with Crippen LogP contribution in [0.2, 0.25) is 0 Å². The highest BCUT2D eigenvalue weighted by molar-refractivity contribution is 5.65. The third-order valence-corrected chi connectivity index (χ3v) is 2.34. The average Bonchev–Trinajstić information content (AvgIpc) is 2.94. The third-order valence-electron chi connectivity index (χ3n) is 2.34. The number of nitrogens with one attached hydrogen (secondary N) is 1. The highest BCUT2D eigenvalue weighted by atomic mass is 14.9. The van der Waals surface area contributed by atoms with E-state index in [-0.39, 0.29) is 0 Å². The van der Waals surface area contributed by atoms with Gasteiger partial charge in [0.2, 0.25) is 0 Å². The molecule has 1 N–H and O–H groups in total. The van der Waals surface area contributed by atoms with Crippen LogP contribution in [0, 0.1) is 0 Å². The Morgan fingerprint density at radius 2 is 1.62 bits per heavy atom. The van der Waals surface area contributed by atoms with Gasteiger partial charge >= 0.3 is 0 Å². The van der Waals surface area contributed by atoms with Crippen molar-refractivity contribution < 1.29 is 0 Å². The summed E-state index contributed by atoms with van der Waals surface area (Å²) in [6.45, 7) is 15.0. The maximum absolute atomic E-state index is 4.49. The van der Waals surface area contributed by atoms with Crippen LogP contribution in [0.5, 0.6) is 0 Å². The number of imidazole rings is 1. The molecule has 0 unspecified atom stereocenters. The van der Waals surface area contributed by atoms with E-state index in [2.05, 4.69) is 23.1 Å². The number of hydrogen-bond donors (Lipinski definition) is 1. The molecule has 0 saturated heterocycles. The number of nitrogens with zero attached hydrogens (tertiary/aromatic N) is 1. The largest absolute Gasteiger partial charge is 0.338 e. The monoisotopic (exact) mass is 282 g/mol. The molecule has 0 aliphatic carbocycles. The zero-order valence-electron chi connectivity index (χ0n) is 13.6. The van der Waals surface area contributed by atoms with Crippen LogP contribution in [0.1, 0.15) is 39.1 Å². The minimum absolute atomic E-state index is 0.878. The standard InChI is InChI=1S/C14H14N2.C3H6.C2H6/c1-3-8-13-12(4-2)15-14(16-13)11-9-6-5-7-10-11;1-3-2;1-2/h3-10H,2H2,1H3,(H,15,16);3H,1H2,2H3;1-2H3/b8-3-;;. The Morgan fingerprint density at radius 1 is 1.05 bits per heavy atom. The predicted octanol–water partition coefficient (Wildman–Crippen LogP) is 5.97. The lowest BCUT2D eigenvalue weighted by molar-refractivity contribution is 1.30. The van der Waals surface area contributed by atoms with Crippen LogP contribution in [0.4, 0.5) is 0 Å². The molecule has 0 aliphatic heterocycles. The Morgan fingerprint density at radius 3 is 2.10 bits per heavy atom. The van der Waals surface area contributed by atoms with Crippen molar-refractivity contribution in [3.8, 4) is 11.4 Å². The number of H-pyrrole nitrogens is 1. The number of rotatable bonds is 3. The minimum atomic E-state index is 0.878. The molecule has 1 aromatic carbocycles. The van der Waals surface area contributed by atoms with Gasteiger partial charge in [-0.2, -0.15) is 0 Å². The lowest BCUT2D eigenvalue weighted by Crippen LogP contribution is -1.78. The fourth-order valence-corrected chi connectivity index (χ4v) is 1.58. The first kappa shape index (κ1) is 18.7. The smallest absolute Gasteiger partial charge is 0.138 e. The summed E-state index contributed by atoms with van der Waals surface area (Å²) in [6, 6.07) is 10.1. The number of benzene rings is 1. The highest BCUT2D eigenvalue weighted by Gasteiger charge is 2.06. The quantitative estimate of drug-likeness (QED) is 0.690. The molecule has 0 aliphatic rings. The van der Waals surface area contributed by atoms with Crippen LogP contribution >= 0.6 is 0 Å². The molecular weight excluding hydrogens is 256 g/mol. The fraction of sp³-hybridized carbons (Fsp3) is 0.211. The van der Waals surface area contributed by atoms with Crippen LogP contribution < -0.4 is 0 Å². The summed E-state index contributed by atoms with van der Waals surface area (Å²) >= 11 is 0. The van der Waals surface area contributed by atoms with Gasteiger partial charge in [0.25, 0.3) is 0 Å². The lowest BCUT2D eigenvalue weighted by atomic mass is 10.2. The molecule has 1 heterocycles. The highest BCUT2D eigenvalue weighted by Crippen LogP contribution is 2.19. The van der Waals surface area contributed by atoms with Crippen LogP contribution in [0.3, 0.4) is 0 Å². The molecule has 0 atom stereocenters. The van der Waals surface area contributed by atoms with Crippen molar-refractivity contribution in [2.24, 2.45) is 0 Å². The molecule has 21 heavy (non-hydrogen) atoms. The number of hydrogen-bond acceptors (Lipinski definition) is 1. The summed E-state index contributed by atoms with van der Waals surface area (Å²) in [6.07, 6.45) is 7.49. The molecule has 0 spiro atoms. The van der Waals surface area contributed by atoms with Gasteiger partial charge in [-0.15, -0.1) is 6.58 Å². The fourth-order valence-electron chi connectivity index (χ4n) is 1.58. The van der Waals surface area contributed by atoms with Crippen molar-refractivity contribution >= 4 is 12.2 Å². The zero-order valence-corrected chi connectivity index (χ0v) is 13.6. The second-order valence-corrected chi connectivity index (χ2v) is 3.86. The number of aromatic amines is 1. The van der Waals surface area contributed by atoms with Crippen molar-refractivity contribution in [1.82, 2.24) is 9.97 Å². The van der Waals surface area contributed by atoms with Gasteiger partial charge in [0, 0.05) is 5.56 Å². The van der Waals surface area contributed by atoms with Gasteiger partial charge in [-0.25, -0.2) is 4.98 Å². The molecule has 0 amide bonds. The topological polar surface area (TPSA) is 28.7 Å². The first-order chi connectivity index (χ1) is 10.3. The lowest BCUT2D eigenvalue weighted by Gasteiger charge is -1.93. The number of allylic oxidation sites excluding steroid dienone is 2. The van der Waals surface area contributed by atoms with Crippen LogP contribution in [0.15, 0.2) is 55.6 Å². The van der Waals surface area contributed by atoms with E-state index in [0.717, 1.165) is 22.8 Å². The molecule has 2 aromatic rings. The molecule has 0 bridgehead atoms. The van der Waals surface area contributed by atoms with Crippen molar-refractivity contribution in [1.29, 1.82) is 0 Å². The van der Waals surface area contributed by atoms with E-state index in [4.69, 9.17) is 0 Å². The first-order valence-corrected chi connectivity index (χ1v) is 7.24. The van der Waals surface area contributed by atoms with Crippen molar-refractivity contribution in [3.63, 3.8) is 0 Å².